The van der Waals surface area contributed by atoms with Crippen molar-refractivity contribution in [2.45, 2.75) is 49.6 Å². The number of amides is 2. The Morgan fingerprint density at radius 3 is 2.40 bits per heavy atom. The molecule has 0 bridgehead atoms. The monoisotopic (exact) mass is 478 g/mol. The van der Waals surface area contributed by atoms with E-state index in [-0.39, 0.29) is 36.8 Å². The second kappa shape index (κ2) is 9.70. The number of carboxylic acid groups (broad SMARTS) is 1. The van der Waals surface area contributed by atoms with Crippen LogP contribution in [-0.2, 0) is 19.1 Å². The first-order valence-electron chi connectivity index (χ1n) is 12.2. The summed E-state index contributed by atoms with van der Waals surface area (Å²) in [4.78, 5) is 39.3. The first-order valence-corrected chi connectivity index (χ1v) is 12.2. The number of rotatable bonds is 7. The quantitative estimate of drug-likeness (QED) is 0.631. The molecule has 2 unspecified atom stereocenters. The van der Waals surface area contributed by atoms with E-state index in [1.54, 1.807) is 4.90 Å². The van der Waals surface area contributed by atoms with Crippen LogP contribution >= 0.6 is 0 Å². The van der Waals surface area contributed by atoms with Crippen LogP contribution in [0.4, 0.5) is 4.79 Å². The van der Waals surface area contributed by atoms with E-state index < -0.39 is 18.1 Å². The maximum atomic E-state index is 13.4. The molecule has 2 atom stereocenters. The number of hydrogen-bond acceptors (Lipinski definition) is 5. The topological polar surface area (TPSA) is 105 Å². The lowest BCUT2D eigenvalue weighted by atomic mass is 9.94. The Bertz CT molecular complexity index is 1080. The molecule has 2 heterocycles. The second-order valence-electron chi connectivity index (χ2n) is 9.58. The van der Waals surface area contributed by atoms with Crippen molar-refractivity contribution in [1.29, 1.82) is 0 Å². The van der Waals surface area contributed by atoms with Crippen LogP contribution in [0.3, 0.4) is 0 Å². The standard InChI is InChI=1S/C27H30N2O6/c30-24(31)11-10-23(25(32)29-14-5-12-27(29)13-15-34-17-27)28-26(33)35-16-22-20-8-3-1-6-18(20)19-7-2-4-9-21(19)22/h1-4,6-9,22-23H,5,10-17H2,(H,28,33)(H,30,31). The number of carbonyl (C=O) groups is 3. The molecule has 2 fully saturated rings. The van der Waals surface area contributed by atoms with Gasteiger partial charge in [0.05, 0.1) is 12.1 Å². The highest BCUT2D eigenvalue weighted by Gasteiger charge is 2.48. The van der Waals surface area contributed by atoms with Crippen LogP contribution in [0.1, 0.15) is 49.1 Å². The summed E-state index contributed by atoms with van der Waals surface area (Å²) in [6.45, 7) is 1.79. The van der Waals surface area contributed by atoms with Crippen LogP contribution < -0.4 is 5.32 Å². The van der Waals surface area contributed by atoms with Gasteiger partial charge in [0.2, 0.25) is 5.91 Å². The third-order valence-electron chi connectivity index (χ3n) is 7.53. The predicted octanol–water partition coefficient (Wildman–Crippen LogP) is 3.54. The van der Waals surface area contributed by atoms with Gasteiger partial charge < -0.3 is 24.8 Å². The third-order valence-corrected chi connectivity index (χ3v) is 7.53. The minimum absolute atomic E-state index is 0.00575. The molecule has 184 valence electrons. The van der Waals surface area contributed by atoms with Crippen LogP contribution in [0.25, 0.3) is 11.1 Å². The first kappa shape index (κ1) is 23.4. The number of ether oxygens (including phenoxy) is 2. The molecule has 2 aliphatic heterocycles. The maximum Gasteiger partial charge on any atom is 0.407 e. The number of nitrogens with zero attached hydrogens (tertiary/aromatic N) is 1. The highest BCUT2D eigenvalue weighted by molar-refractivity contribution is 5.87. The fourth-order valence-electron chi connectivity index (χ4n) is 5.78. The average molecular weight is 479 g/mol. The van der Waals surface area contributed by atoms with Gasteiger partial charge in [-0.2, -0.15) is 0 Å². The molecule has 2 N–H and O–H groups in total. The zero-order chi connectivity index (χ0) is 24.4. The van der Waals surface area contributed by atoms with Crippen LogP contribution in [-0.4, -0.2) is 65.9 Å². The molecular weight excluding hydrogens is 448 g/mol. The van der Waals surface area contributed by atoms with Gasteiger partial charge in [0, 0.05) is 25.5 Å². The number of carboxylic acids is 1. The van der Waals surface area contributed by atoms with Gasteiger partial charge in [-0.05, 0) is 47.9 Å². The largest absolute Gasteiger partial charge is 0.481 e. The SMILES string of the molecule is O=C(O)CCC(NC(=O)OCC1c2ccccc2-c2ccccc21)C(=O)N1CCCC12CCOC2. The molecule has 8 nitrogen and oxygen atoms in total. The average Bonchev–Trinajstić information content (AvgIpc) is 3.58. The van der Waals surface area contributed by atoms with Crippen LogP contribution in [0.5, 0.6) is 0 Å². The van der Waals surface area contributed by atoms with Gasteiger partial charge in [-0.25, -0.2) is 4.79 Å². The highest BCUT2D eigenvalue weighted by Crippen LogP contribution is 2.44. The Kier molecular flexibility index (Phi) is 6.47. The Morgan fingerprint density at radius 2 is 1.77 bits per heavy atom. The Labute approximate surface area is 204 Å². The van der Waals surface area contributed by atoms with Crippen molar-refractivity contribution < 1.29 is 29.0 Å². The predicted molar refractivity (Wildman–Crippen MR) is 128 cm³/mol. The van der Waals surface area contributed by atoms with Gasteiger partial charge in [0.25, 0.3) is 0 Å². The van der Waals surface area contributed by atoms with Crippen molar-refractivity contribution in [3.63, 3.8) is 0 Å². The minimum atomic E-state index is -1.02. The minimum Gasteiger partial charge on any atom is -0.481 e. The van der Waals surface area contributed by atoms with E-state index in [2.05, 4.69) is 17.4 Å². The van der Waals surface area contributed by atoms with E-state index in [9.17, 15) is 19.5 Å². The van der Waals surface area contributed by atoms with Crippen molar-refractivity contribution in [3.05, 3.63) is 59.7 Å². The second-order valence-corrected chi connectivity index (χ2v) is 9.58. The Morgan fingerprint density at radius 1 is 1.09 bits per heavy atom. The molecule has 2 aromatic rings. The number of fused-ring (bicyclic) bond motifs is 3. The summed E-state index contributed by atoms with van der Waals surface area (Å²) in [5.41, 5.74) is 4.11. The summed E-state index contributed by atoms with van der Waals surface area (Å²) in [5.74, 6) is -1.38. The zero-order valence-corrected chi connectivity index (χ0v) is 19.6. The van der Waals surface area contributed by atoms with Gasteiger partial charge in [-0.3, -0.25) is 9.59 Å². The molecule has 35 heavy (non-hydrogen) atoms. The Hall–Kier alpha value is -3.39. The molecule has 8 heteroatoms. The lowest BCUT2D eigenvalue weighted by Crippen LogP contribution is -2.55. The number of alkyl carbamates (subject to hydrolysis) is 1. The molecule has 0 aromatic heterocycles. The fraction of sp³-hybridized carbons (Fsp3) is 0.444. The Balaban J connectivity index is 1.27. The van der Waals surface area contributed by atoms with Gasteiger partial charge in [0.15, 0.2) is 0 Å². The number of carbonyl (C=O) groups excluding carboxylic acids is 2. The van der Waals surface area contributed by atoms with Gasteiger partial charge in [-0.15, -0.1) is 0 Å². The number of hydrogen-bond donors (Lipinski definition) is 2. The van der Waals surface area contributed by atoms with Gasteiger partial charge in [-0.1, -0.05) is 48.5 Å². The van der Waals surface area contributed by atoms with Gasteiger partial charge in [0.1, 0.15) is 12.6 Å². The third kappa shape index (κ3) is 4.50. The summed E-state index contributed by atoms with van der Waals surface area (Å²) in [6, 6.07) is 15.2. The number of nitrogens with one attached hydrogen (secondary N) is 1. The molecule has 2 saturated heterocycles. The summed E-state index contributed by atoms with van der Waals surface area (Å²) in [6.07, 6.45) is 1.55. The van der Waals surface area contributed by atoms with Crippen molar-refractivity contribution in [3.8, 4) is 11.1 Å². The summed E-state index contributed by atoms with van der Waals surface area (Å²) in [5, 5.41) is 11.9. The van der Waals surface area contributed by atoms with Crippen molar-refractivity contribution in [1.82, 2.24) is 10.2 Å². The lowest BCUT2D eigenvalue weighted by Gasteiger charge is -2.36. The molecule has 5 rings (SSSR count). The van der Waals surface area contributed by atoms with E-state index in [0.717, 1.165) is 41.5 Å². The van der Waals surface area contributed by atoms with Crippen molar-refractivity contribution >= 4 is 18.0 Å². The van der Waals surface area contributed by atoms with Gasteiger partial charge >= 0.3 is 12.1 Å². The fourth-order valence-corrected chi connectivity index (χ4v) is 5.78. The number of benzene rings is 2. The normalized spacial score (nSPS) is 21.5. The van der Waals surface area contributed by atoms with E-state index in [1.807, 2.05) is 36.4 Å². The summed E-state index contributed by atoms with van der Waals surface area (Å²) >= 11 is 0. The summed E-state index contributed by atoms with van der Waals surface area (Å²) < 4.78 is 11.2. The molecule has 2 aromatic carbocycles. The van der Waals surface area contributed by atoms with E-state index in [1.165, 1.54) is 0 Å². The molecule has 0 radical (unpaired) electrons. The van der Waals surface area contributed by atoms with E-state index >= 15 is 0 Å². The smallest absolute Gasteiger partial charge is 0.407 e. The lowest BCUT2D eigenvalue weighted by molar-refractivity contribution is -0.139. The molecule has 3 aliphatic rings. The maximum absolute atomic E-state index is 13.4. The van der Waals surface area contributed by atoms with Crippen LogP contribution in [0.15, 0.2) is 48.5 Å². The van der Waals surface area contributed by atoms with Crippen molar-refractivity contribution in [2.24, 2.45) is 0 Å². The molecule has 0 saturated carbocycles. The van der Waals surface area contributed by atoms with E-state index in [4.69, 9.17) is 9.47 Å². The molecular formula is C27H30N2O6. The van der Waals surface area contributed by atoms with E-state index in [0.29, 0.717) is 19.8 Å². The summed E-state index contributed by atoms with van der Waals surface area (Å²) in [7, 11) is 0. The first-order chi connectivity index (χ1) is 17.0. The molecule has 2 amide bonds. The molecule has 1 spiro atoms. The zero-order valence-electron chi connectivity index (χ0n) is 19.6. The number of aliphatic carboxylic acids is 1. The molecule has 1 aliphatic carbocycles. The van der Waals surface area contributed by atoms with Crippen LogP contribution in [0, 0.1) is 0 Å². The number of likely N-dealkylation sites (tertiary alicyclic amines) is 1. The highest BCUT2D eigenvalue weighted by atomic mass is 16.5. The van der Waals surface area contributed by atoms with Crippen molar-refractivity contribution in [2.75, 3.05) is 26.4 Å². The van der Waals surface area contributed by atoms with Crippen LogP contribution in [0.2, 0.25) is 0 Å².